The molecule has 0 saturated heterocycles. The molecule has 0 spiro atoms. The van der Waals surface area contributed by atoms with E-state index in [9.17, 15) is 14.4 Å². The smallest absolute Gasteiger partial charge is 0.338 e. The predicted molar refractivity (Wildman–Crippen MR) is 92.5 cm³/mol. The summed E-state index contributed by atoms with van der Waals surface area (Å²) in [5.74, 6) is -1.000. The number of Topliss-reactive ketones (excluding diaryl/α,β-unsaturated/α-hetero) is 1. The van der Waals surface area contributed by atoms with E-state index in [0.29, 0.717) is 22.0 Å². The minimum atomic E-state index is -0.902. The number of thiophene rings is 1. The fourth-order valence-corrected chi connectivity index (χ4v) is 2.98. The van der Waals surface area contributed by atoms with Crippen LogP contribution in [0.5, 0.6) is 0 Å². The van der Waals surface area contributed by atoms with Gasteiger partial charge in [-0.3, -0.25) is 9.59 Å². The van der Waals surface area contributed by atoms with Crippen LogP contribution in [0, 0.1) is 0 Å². The third-order valence-corrected chi connectivity index (χ3v) is 4.50. The van der Waals surface area contributed by atoms with Crippen LogP contribution >= 0.6 is 22.9 Å². The van der Waals surface area contributed by atoms with E-state index in [1.807, 2.05) is 0 Å². The molecule has 0 saturated carbocycles. The molecule has 5 nitrogen and oxygen atoms in total. The van der Waals surface area contributed by atoms with Crippen molar-refractivity contribution >= 4 is 40.6 Å². The zero-order valence-corrected chi connectivity index (χ0v) is 14.7. The molecule has 1 atom stereocenters. The topological polar surface area (TPSA) is 72.5 Å². The van der Waals surface area contributed by atoms with E-state index < -0.39 is 12.1 Å². The molecule has 1 aromatic heterocycles. The first-order valence-electron chi connectivity index (χ1n) is 7.20. The number of esters is 1. The van der Waals surface area contributed by atoms with Gasteiger partial charge in [0.25, 0.3) is 0 Å². The van der Waals surface area contributed by atoms with Crippen molar-refractivity contribution in [1.29, 1.82) is 0 Å². The normalized spacial score (nSPS) is 11.6. The van der Waals surface area contributed by atoms with Gasteiger partial charge in [-0.1, -0.05) is 11.6 Å². The number of rotatable bonds is 6. The van der Waals surface area contributed by atoms with Crippen molar-refractivity contribution in [2.75, 3.05) is 0 Å². The summed E-state index contributed by atoms with van der Waals surface area (Å²) >= 11 is 7.03. The number of nitrogens with one attached hydrogen (secondary N) is 1. The second kappa shape index (κ2) is 8.08. The van der Waals surface area contributed by atoms with Gasteiger partial charge < -0.3 is 10.1 Å². The molecule has 1 heterocycles. The standard InChI is InChI=1S/C17H16ClNO4S/c1-10(23-17(22)12-3-5-13(18)6-4-12)16(21)15-8-7-14(24-15)9-19-11(2)20/h3-8,10H,9H2,1-2H3,(H,19,20). The molecule has 7 heteroatoms. The van der Waals surface area contributed by atoms with Crippen molar-refractivity contribution < 1.29 is 19.1 Å². The Morgan fingerprint density at radius 1 is 1.17 bits per heavy atom. The largest absolute Gasteiger partial charge is 0.451 e. The molecule has 0 fully saturated rings. The Kier molecular flexibility index (Phi) is 6.11. The second-order valence-electron chi connectivity index (χ2n) is 5.09. The molecule has 1 amide bonds. The number of ether oxygens (including phenoxy) is 1. The van der Waals surface area contributed by atoms with Crippen LogP contribution in [-0.2, 0) is 16.1 Å². The van der Waals surface area contributed by atoms with Crippen LogP contribution in [0.2, 0.25) is 5.02 Å². The Labute approximate surface area is 148 Å². The molecule has 0 radical (unpaired) electrons. The number of carbonyl (C=O) groups is 3. The molecule has 0 aliphatic rings. The second-order valence-corrected chi connectivity index (χ2v) is 6.70. The van der Waals surface area contributed by atoms with Crippen molar-refractivity contribution in [2.24, 2.45) is 0 Å². The molecular formula is C17H16ClNO4S. The van der Waals surface area contributed by atoms with Crippen LogP contribution in [0.15, 0.2) is 36.4 Å². The quantitative estimate of drug-likeness (QED) is 0.628. The van der Waals surface area contributed by atoms with Crippen LogP contribution in [0.4, 0.5) is 0 Å². The molecular weight excluding hydrogens is 350 g/mol. The van der Waals surface area contributed by atoms with Crippen LogP contribution in [0.1, 0.15) is 38.8 Å². The Morgan fingerprint density at radius 2 is 1.83 bits per heavy atom. The van der Waals surface area contributed by atoms with Gasteiger partial charge >= 0.3 is 5.97 Å². The maximum Gasteiger partial charge on any atom is 0.338 e. The lowest BCUT2D eigenvalue weighted by molar-refractivity contribution is -0.119. The number of ketones is 1. The molecule has 2 aromatic rings. The fourth-order valence-electron chi connectivity index (χ4n) is 1.89. The maximum atomic E-state index is 12.3. The number of hydrogen-bond acceptors (Lipinski definition) is 5. The SMILES string of the molecule is CC(=O)NCc1ccc(C(=O)C(C)OC(=O)c2ccc(Cl)cc2)s1. The van der Waals surface area contributed by atoms with Gasteiger partial charge in [-0.2, -0.15) is 0 Å². The first-order chi connectivity index (χ1) is 11.4. The van der Waals surface area contributed by atoms with E-state index >= 15 is 0 Å². The fraction of sp³-hybridized carbons (Fsp3) is 0.235. The van der Waals surface area contributed by atoms with Gasteiger partial charge in [0, 0.05) is 16.8 Å². The van der Waals surface area contributed by atoms with E-state index in [1.54, 1.807) is 36.4 Å². The van der Waals surface area contributed by atoms with Crippen molar-refractivity contribution in [3.8, 4) is 0 Å². The molecule has 1 aromatic carbocycles. The summed E-state index contributed by atoms with van der Waals surface area (Å²) in [7, 11) is 0. The Bertz CT molecular complexity index is 754. The average Bonchev–Trinajstić information content (AvgIpc) is 3.01. The van der Waals surface area contributed by atoms with Crippen LogP contribution < -0.4 is 5.32 Å². The van der Waals surface area contributed by atoms with E-state index in [0.717, 1.165) is 4.88 Å². The summed E-state index contributed by atoms with van der Waals surface area (Å²) in [6.45, 7) is 3.33. The number of halogens is 1. The van der Waals surface area contributed by atoms with Gasteiger partial charge in [0.05, 0.1) is 17.0 Å². The number of benzene rings is 1. The highest BCUT2D eigenvalue weighted by atomic mass is 35.5. The van der Waals surface area contributed by atoms with Crippen molar-refractivity contribution in [3.63, 3.8) is 0 Å². The summed E-state index contributed by atoms with van der Waals surface area (Å²) in [6.07, 6.45) is -0.902. The number of amides is 1. The number of hydrogen-bond donors (Lipinski definition) is 1. The third-order valence-electron chi connectivity index (χ3n) is 3.15. The summed E-state index contributed by atoms with van der Waals surface area (Å²) in [4.78, 5) is 36.6. The van der Waals surface area contributed by atoms with Crippen LogP contribution in [-0.4, -0.2) is 23.8 Å². The van der Waals surface area contributed by atoms with Crippen molar-refractivity contribution in [2.45, 2.75) is 26.5 Å². The molecule has 1 unspecified atom stereocenters. The molecule has 0 bridgehead atoms. The average molecular weight is 366 g/mol. The van der Waals surface area contributed by atoms with Crippen LogP contribution in [0.25, 0.3) is 0 Å². The van der Waals surface area contributed by atoms with Gasteiger partial charge in [0.2, 0.25) is 11.7 Å². The molecule has 2 rings (SSSR count). The lowest BCUT2D eigenvalue weighted by atomic mass is 10.2. The van der Waals surface area contributed by atoms with E-state index in [1.165, 1.54) is 25.2 Å². The summed E-state index contributed by atoms with van der Waals surface area (Å²) in [6, 6.07) is 9.67. The Hall–Kier alpha value is -2.18. The lowest BCUT2D eigenvalue weighted by Crippen LogP contribution is -2.23. The highest BCUT2D eigenvalue weighted by Crippen LogP contribution is 2.20. The maximum absolute atomic E-state index is 12.3. The Morgan fingerprint density at radius 3 is 2.46 bits per heavy atom. The molecule has 0 aliphatic carbocycles. The highest BCUT2D eigenvalue weighted by molar-refractivity contribution is 7.14. The molecule has 1 N–H and O–H groups in total. The predicted octanol–water partition coefficient (Wildman–Crippen LogP) is 3.47. The van der Waals surface area contributed by atoms with Crippen molar-refractivity contribution in [1.82, 2.24) is 5.32 Å². The van der Waals surface area contributed by atoms with Gasteiger partial charge in [0.15, 0.2) is 6.10 Å². The monoisotopic (exact) mass is 365 g/mol. The summed E-state index contributed by atoms with van der Waals surface area (Å²) in [5, 5.41) is 3.18. The Balaban J connectivity index is 1.97. The zero-order chi connectivity index (χ0) is 17.7. The van der Waals surface area contributed by atoms with E-state index in [4.69, 9.17) is 16.3 Å². The van der Waals surface area contributed by atoms with Gasteiger partial charge in [-0.25, -0.2) is 4.79 Å². The van der Waals surface area contributed by atoms with Gasteiger partial charge in [-0.15, -0.1) is 11.3 Å². The minimum Gasteiger partial charge on any atom is -0.451 e. The van der Waals surface area contributed by atoms with Gasteiger partial charge in [0.1, 0.15) is 0 Å². The molecule has 0 aliphatic heterocycles. The highest BCUT2D eigenvalue weighted by Gasteiger charge is 2.22. The lowest BCUT2D eigenvalue weighted by Gasteiger charge is -2.11. The first kappa shape index (κ1) is 18.2. The minimum absolute atomic E-state index is 0.137. The van der Waals surface area contributed by atoms with Crippen LogP contribution in [0.3, 0.4) is 0 Å². The number of carbonyl (C=O) groups excluding carboxylic acids is 3. The first-order valence-corrected chi connectivity index (χ1v) is 8.40. The third kappa shape index (κ3) is 4.91. The van der Waals surface area contributed by atoms with Crippen molar-refractivity contribution in [3.05, 3.63) is 56.7 Å². The zero-order valence-electron chi connectivity index (χ0n) is 13.2. The van der Waals surface area contributed by atoms with E-state index in [-0.39, 0.29) is 11.7 Å². The summed E-state index contributed by atoms with van der Waals surface area (Å²) in [5.41, 5.74) is 0.330. The van der Waals surface area contributed by atoms with E-state index in [2.05, 4.69) is 5.32 Å². The molecule has 24 heavy (non-hydrogen) atoms. The molecule has 126 valence electrons. The summed E-state index contributed by atoms with van der Waals surface area (Å²) < 4.78 is 5.21. The van der Waals surface area contributed by atoms with Gasteiger partial charge in [-0.05, 0) is 43.3 Å².